The Morgan fingerprint density at radius 1 is 1.14 bits per heavy atom. The highest BCUT2D eigenvalue weighted by Crippen LogP contribution is 2.28. The fraction of sp³-hybridized carbons (Fsp3) is 0.750. The predicted molar refractivity (Wildman–Crippen MR) is 86.9 cm³/mol. The summed E-state index contributed by atoms with van der Waals surface area (Å²) in [6.07, 6.45) is 7.90. The Labute approximate surface area is 132 Å². The molecule has 0 unspecified atom stereocenters. The average Bonchev–Trinajstić information content (AvgIpc) is 2.96. The lowest BCUT2D eigenvalue weighted by Gasteiger charge is -2.32. The van der Waals surface area contributed by atoms with Crippen molar-refractivity contribution in [3.05, 3.63) is 18.0 Å². The van der Waals surface area contributed by atoms with Crippen molar-refractivity contribution in [1.29, 1.82) is 0 Å². The van der Waals surface area contributed by atoms with Gasteiger partial charge in [0, 0.05) is 57.2 Å². The second-order valence-corrected chi connectivity index (χ2v) is 6.72. The van der Waals surface area contributed by atoms with E-state index in [9.17, 15) is 5.11 Å². The third-order valence-electron chi connectivity index (χ3n) is 4.80. The van der Waals surface area contributed by atoms with E-state index in [1.54, 1.807) is 0 Å². The van der Waals surface area contributed by atoms with Gasteiger partial charge in [-0.05, 0) is 19.9 Å². The first-order valence-corrected chi connectivity index (χ1v) is 8.32. The topological polar surface area (TPSA) is 64.5 Å². The molecule has 3 rings (SSSR count). The second-order valence-electron chi connectivity index (χ2n) is 6.72. The van der Waals surface area contributed by atoms with Crippen LogP contribution in [0.3, 0.4) is 0 Å². The van der Waals surface area contributed by atoms with Gasteiger partial charge in [0.1, 0.15) is 0 Å². The SMILES string of the molecule is CN1CCN(c2ncc(CNCC3(O)CCCC3)cn2)CC1. The smallest absolute Gasteiger partial charge is 0.225 e. The number of hydrogen-bond acceptors (Lipinski definition) is 6. The first kappa shape index (κ1) is 15.6. The van der Waals surface area contributed by atoms with Crippen LogP contribution in [0.25, 0.3) is 0 Å². The number of aromatic nitrogens is 2. The molecule has 1 aliphatic heterocycles. The minimum atomic E-state index is -0.499. The van der Waals surface area contributed by atoms with Crippen molar-refractivity contribution in [2.45, 2.75) is 37.8 Å². The van der Waals surface area contributed by atoms with Gasteiger partial charge in [0.25, 0.3) is 0 Å². The molecule has 0 atom stereocenters. The van der Waals surface area contributed by atoms with Gasteiger partial charge >= 0.3 is 0 Å². The Hall–Kier alpha value is -1.24. The molecule has 6 heteroatoms. The molecule has 122 valence electrons. The maximum atomic E-state index is 10.3. The van der Waals surface area contributed by atoms with Crippen molar-refractivity contribution < 1.29 is 5.11 Å². The zero-order valence-electron chi connectivity index (χ0n) is 13.5. The summed E-state index contributed by atoms with van der Waals surface area (Å²) in [5.74, 6) is 0.825. The van der Waals surface area contributed by atoms with E-state index in [0.717, 1.165) is 63.4 Å². The van der Waals surface area contributed by atoms with Crippen LogP contribution >= 0.6 is 0 Å². The number of nitrogens with zero attached hydrogens (tertiary/aromatic N) is 4. The summed E-state index contributed by atoms with van der Waals surface area (Å²) < 4.78 is 0. The fourth-order valence-corrected chi connectivity index (χ4v) is 3.26. The van der Waals surface area contributed by atoms with E-state index in [4.69, 9.17) is 0 Å². The van der Waals surface area contributed by atoms with Gasteiger partial charge < -0.3 is 20.2 Å². The zero-order chi connectivity index (χ0) is 15.4. The highest BCUT2D eigenvalue weighted by molar-refractivity contribution is 5.30. The lowest BCUT2D eigenvalue weighted by Crippen LogP contribution is -2.45. The van der Waals surface area contributed by atoms with Crippen LogP contribution in [0.1, 0.15) is 31.2 Å². The molecule has 2 heterocycles. The molecule has 1 aromatic heterocycles. The van der Waals surface area contributed by atoms with Crippen LogP contribution in [0.4, 0.5) is 5.95 Å². The number of likely N-dealkylation sites (N-methyl/N-ethyl adjacent to an activating group) is 1. The first-order chi connectivity index (χ1) is 10.6. The van der Waals surface area contributed by atoms with Crippen LogP contribution in [0.2, 0.25) is 0 Å². The normalized spacial score (nSPS) is 22.2. The van der Waals surface area contributed by atoms with Gasteiger partial charge in [0.15, 0.2) is 0 Å². The van der Waals surface area contributed by atoms with E-state index in [2.05, 4.69) is 32.1 Å². The molecular weight excluding hydrogens is 278 g/mol. The average molecular weight is 305 g/mol. The summed E-state index contributed by atoms with van der Waals surface area (Å²) in [7, 11) is 2.14. The van der Waals surface area contributed by atoms with E-state index in [1.807, 2.05) is 12.4 Å². The van der Waals surface area contributed by atoms with Crippen LogP contribution < -0.4 is 10.2 Å². The summed E-state index contributed by atoms with van der Waals surface area (Å²) in [6, 6.07) is 0. The molecule has 0 radical (unpaired) electrons. The van der Waals surface area contributed by atoms with Gasteiger partial charge in [-0.3, -0.25) is 0 Å². The standard InChI is InChI=1S/C16H27N5O/c1-20-6-8-21(9-7-20)15-18-11-14(12-19-15)10-17-13-16(22)4-2-3-5-16/h11-12,17,22H,2-10,13H2,1H3. The Bertz CT molecular complexity index is 464. The summed E-state index contributed by atoms with van der Waals surface area (Å²) in [5, 5.41) is 13.6. The fourth-order valence-electron chi connectivity index (χ4n) is 3.26. The van der Waals surface area contributed by atoms with Crippen molar-refractivity contribution in [2.75, 3.05) is 44.7 Å². The molecule has 6 nitrogen and oxygen atoms in total. The van der Waals surface area contributed by atoms with E-state index >= 15 is 0 Å². The number of anilines is 1. The van der Waals surface area contributed by atoms with Crippen molar-refractivity contribution >= 4 is 5.95 Å². The number of nitrogens with one attached hydrogen (secondary N) is 1. The number of rotatable bonds is 5. The second kappa shape index (κ2) is 6.89. The molecular formula is C16H27N5O. The van der Waals surface area contributed by atoms with Crippen LogP contribution in [0, 0.1) is 0 Å². The molecule has 0 spiro atoms. The molecule has 0 aromatic carbocycles. The third kappa shape index (κ3) is 3.94. The minimum absolute atomic E-state index is 0.499. The number of aliphatic hydroxyl groups is 1. The molecule has 2 aliphatic rings. The van der Waals surface area contributed by atoms with Gasteiger partial charge in [-0.25, -0.2) is 9.97 Å². The zero-order valence-corrected chi connectivity index (χ0v) is 13.5. The summed E-state index contributed by atoms with van der Waals surface area (Å²) in [5.41, 5.74) is 0.570. The summed E-state index contributed by atoms with van der Waals surface area (Å²) in [6.45, 7) is 5.47. The Balaban J connectivity index is 1.47. The maximum Gasteiger partial charge on any atom is 0.225 e. The number of piperazine rings is 1. The predicted octanol–water partition coefficient (Wildman–Crippen LogP) is 0.623. The molecule has 2 N–H and O–H groups in total. The van der Waals surface area contributed by atoms with Crippen LogP contribution in [0.15, 0.2) is 12.4 Å². The Morgan fingerprint density at radius 2 is 1.77 bits per heavy atom. The van der Waals surface area contributed by atoms with Crippen molar-refractivity contribution in [3.8, 4) is 0 Å². The molecule has 2 fully saturated rings. The maximum absolute atomic E-state index is 10.3. The van der Waals surface area contributed by atoms with Crippen LogP contribution in [-0.2, 0) is 6.54 Å². The van der Waals surface area contributed by atoms with E-state index in [0.29, 0.717) is 13.1 Å². The monoisotopic (exact) mass is 305 g/mol. The first-order valence-electron chi connectivity index (χ1n) is 8.32. The lowest BCUT2D eigenvalue weighted by molar-refractivity contribution is 0.0474. The van der Waals surface area contributed by atoms with Gasteiger partial charge in [0.05, 0.1) is 5.60 Å². The third-order valence-corrected chi connectivity index (χ3v) is 4.80. The van der Waals surface area contributed by atoms with Gasteiger partial charge in [0.2, 0.25) is 5.95 Å². The molecule has 1 aromatic rings. The lowest BCUT2D eigenvalue weighted by atomic mass is 10.0. The van der Waals surface area contributed by atoms with Crippen LogP contribution in [0.5, 0.6) is 0 Å². The highest BCUT2D eigenvalue weighted by Gasteiger charge is 2.30. The molecule has 0 bridgehead atoms. The summed E-state index contributed by atoms with van der Waals surface area (Å²) >= 11 is 0. The molecule has 1 aliphatic carbocycles. The molecule has 0 amide bonds. The van der Waals surface area contributed by atoms with Crippen molar-refractivity contribution in [2.24, 2.45) is 0 Å². The van der Waals surface area contributed by atoms with Crippen molar-refractivity contribution in [3.63, 3.8) is 0 Å². The Morgan fingerprint density at radius 3 is 2.41 bits per heavy atom. The molecule has 22 heavy (non-hydrogen) atoms. The van der Waals surface area contributed by atoms with E-state index in [-0.39, 0.29) is 0 Å². The minimum Gasteiger partial charge on any atom is -0.389 e. The van der Waals surface area contributed by atoms with E-state index < -0.39 is 5.60 Å². The molecule has 1 saturated carbocycles. The van der Waals surface area contributed by atoms with Crippen molar-refractivity contribution in [1.82, 2.24) is 20.2 Å². The largest absolute Gasteiger partial charge is 0.389 e. The quantitative estimate of drug-likeness (QED) is 0.831. The molecule has 1 saturated heterocycles. The van der Waals surface area contributed by atoms with Gasteiger partial charge in [-0.2, -0.15) is 0 Å². The number of hydrogen-bond donors (Lipinski definition) is 2. The van der Waals surface area contributed by atoms with E-state index in [1.165, 1.54) is 0 Å². The summed E-state index contributed by atoms with van der Waals surface area (Å²) in [4.78, 5) is 13.5. The highest BCUT2D eigenvalue weighted by atomic mass is 16.3. The van der Waals surface area contributed by atoms with Crippen LogP contribution in [-0.4, -0.2) is 65.3 Å². The Kier molecular flexibility index (Phi) is 4.90. The van der Waals surface area contributed by atoms with Gasteiger partial charge in [-0.1, -0.05) is 12.8 Å². The van der Waals surface area contributed by atoms with Gasteiger partial charge in [-0.15, -0.1) is 0 Å².